The zero-order valence-corrected chi connectivity index (χ0v) is 11.0. The number of benzene rings is 1. The van der Waals surface area contributed by atoms with E-state index in [0.29, 0.717) is 17.8 Å². The molecule has 0 amide bonds. The van der Waals surface area contributed by atoms with E-state index in [2.05, 4.69) is 9.97 Å². The summed E-state index contributed by atoms with van der Waals surface area (Å²) in [7, 11) is 0. The fourth-order valence-corrected chi connectivity index (χ4v) is 1.86. The van der Waals surface area contributed by atoms with Gasteiger partial charge in [0.1, 0.15) is 0 Å². The summed E-state index contributed by atoms with van der Waals surface area (Å²) < 4.78 is 0. The van der Waals surface area contributed by atoms with Gasteiger partial charge in [0.15, 0.2) is 17.3 Å². The van der Waals surface area contributed by atoms with Crippen LogP contribution in [-0.4, -0.2) is 26.2 Å². The second-order valence-corrected chi connectivity index (χ2v) is 4.71. The highest BCUT2D eigenvalue weighted by Gasteiger charge is 2.09. The first-order chi connectivity index (χ1) is 8.95. The third-order valence-electron chi connectivity index (χ3n) is 2.67. The van der Waals surface area contributed by atoms with Crippen molar-refractivity contribution in [1.82, 2.24) is 9.97 Å². The predicted molar refractivity (Wildman–Crippen MR) is 72.9 cm³/mol. The minimum atomic E-state index is -0.184. The maximum Gasteiger partial charge on any atom is 0.159 e. The van der Waals surface area contributed by atoms with Crippen molar-refractivity contribution in [3.05, 3.63) is 35.7 Å². The predicted octanol–water partition coefficient (Wildman–Crippen LogP) is 1.75. The van der Waals surface area contributed by atoms with Crippen molar-refractivity contribution in [1.29, 1.82) is 0 Å². The van der Waals surface area contributed by atoms with Crippen LogP contribution in [0.3, 0.4) is 0 Å². The second-order valence-electron chi connectivity index (χ2n) is 4.71. The molecule has 0 saturated carbocycles. The zero-order chi connectivity index (χ0) is 14.0. The average molecular weight is 259 g/mol. The number of nitrogens with zero attached hydrogens (tertiary/aromatic N) is 2. The van der Waals surface area contributed by atoms with Gasteiger partial charge in [-0.15, -0.1) is 0 Å². The first-order valence-electron chi connectivity index (χ1n) is 6.08. The number of phenols is 2. The fraction of sp³-hybridized carbons (Fsp3) is 0.286. The van der Waals surface area contributed by atoms with E-state index in [1.165, 1.54) is 12.1 Å². The number of rotatable bonds is 3. The van der Waals surface area contributed by atoms with E-state index in [9.17, 15) is 10.2 Å². The van der Waals surface area contributed by atoms with Gasteiger partial charge in [-0.1, -0.05) is 0 Å². The minimum Gasteiger partial charge on any atom is -0.504 e. The molecule has 0 radical (unpaired) electrons. The van der Waals surface area contributed by atoms with Crippen LogP contribution in [0.1, 0.15) is 18.3 Å². The third-order valence-corrected chi connectivity index (χ3v) is 2.67. The highest BCUT2D eigenvalue weighted by molar-refractivity contribution is 5.60. The van der Waals surface area contributed by atoms with Gasteiger partial charge in [0.2, 0.25) is 0 Å². The van der Waals surface area contributed by atoms with Crippen LogP contribution in [0, 0.1) is 6.92 Å². The highest BCUT2D eigenvalue weighted by Crippen LogP contribution is 2.29. The maximum absolute atomic E-state index is 9.52. The van der Waals surface area contributed by atoms with Crippen LogP contribution in [-0.2, 0) is 6.42 Å². The summed E-state index contributed by atoms with van der Waals surface area (Å²) in [5.74, 6) is 0.175. The third kappa shape index (κ3) is 3.20. The molecule has 0 aliphatic heterocycles. The molecule has 1 aromatic heterocycles. The summed E-state index contributed by atoms with van der Waals surface area (Å²) in [5.41, 5.74) is 8.14. The fourth-order valence-electron chi connectivity index (χ4n) is 1.86. The average Bonchev–Trinajstić information content (AvgIpc) is 2.31. The molecule has 5 heteroatoms. The highest BCUT2D eigenvalue weighted by atomic mass is 16.3. The van der Waals surface area contributed by atoms with Crippen LogP contribution < -0.4 is 5.73 Å². The van der Waals surface area contributed by atoms with Crippen LogP contribution >= 0.6 is 0 Å². The maximum atomic E-state index is 9.52. The Morgan fingerprint density at radius 1 is 1.16 bits per heavy atom. The number of nitrogens with two attached hydrogens (primary N) is 1. The normalized spacial score (nSPS) is 12.4. The van der Waals surface area contributed by atoms with Gasteiger partial charge in [-0.3, -0.25) is 0 Å². The number of aromatic nitrogens is 2. The molecule has 0 fully saturated rings. The first-order valence-corrected chi connectivity index (χ1v) is 6.08. The number of phenolic OH excluding ortho intramolecular Hbond substituents is 2. The van der Waals surface area contributed by atoms with Crippen molar-refractivity contribution in [2.75, 3.05) is 0 Å². The monoisotopic (exact) mass is 259 g/mol. The molecule has 1 unspecified atom stereocenters. The van der Waals surface area contributed by atoms with Crippen molar-refractivity contribution in [3.8, 4) is 22.9 Å². The summed E-state index contributed by atoms with van der Waals surface area (Å²) in [6.07, 6.45) is 0.667. The molecule has 5 nitrogen and oxygen atoms in total. The lowest BCUT2D eigenvalue weighted by molar-refractivity contribution is 0.404. The molecule has 1 atom stereocenters. The van der Waals surface area contributed by atoms with E-state index < -0.39 is 0 Å². The Kier molecular flexibility index (Phi) is 3.66. The van der Waals surface area contributed by atoms with E-state index in [-0.39, 0.29) is 17.5 Å². The van der Waals surface area contributed by atoms with Gasteiger partial charge < -0.3 is 15.9 Å². The Morgan fingerprint density at radius 2 is 1.89 bits per heavy atom. The lowest BCUT2D eigenvalue weighted by atomic mass is 10.1. The van der Waals surface area contributed by atoms with Gasteiger partial charge in [0.05, 0.1) is 0 Å². The zero-order valence-electron chi connectivity index (χ0n) is 11.0. The largest absolute Gasteiger partial charge is 0.504 e. The molecule has 0 saturated heterocycles. The van der Waals surface area contributed by atoms with Crippen molar-refractivity contribution < 1.29 is 10.2 Å². The van der Waals surface area contributed by atoms with Crippen molar-refractivity contribution in [3.63, 3.8) is 0 Å². The van der Waals surface area contributed by atoms with Crippen LogP contribution in [0.5, 0.6) is 11.5 Å². The van der Waals surface area contributed by atoms with E-state index in [1.54, 1.807) is 6.07 Å². The molecule has 2 aromatic rings. The molecule has 1 aromatic carbocycles. The van der Waals surface area contributed by atoms with Crippen LogP contribution in [0.4, 0.5) is 0 Å². The molecule has 0 bridgehead atoms. The van der Waals surface area contributed by atoms with Gasteiger partial charge in [0, 0.05) is 29.4 Å². The van der Waals surface area contributed by atoms with Crippen LogP contribution in [0.25, 0.3) is 11.4 Å². The molecule has 4 N–H and O–H groups in total. The van der Waals surface area contributed by atoms with E-state index in [0.717, 1.165) is 11.4 Å². The standard InChI is InChI=1S/C14H17N3O2/c1-8(15)5-11-6-9(2)16-14(17-11)10-3-4-12(18)13(19)7-10/h3-4,6-8,18-19H,5,15H2,1-2H3. The first kappa shape index (κ1) is 13.3. The van der Waals surface area contributed by atoms with Gasteiger partial charge in [0.25, 0.3) is 0 Å². The summed E-state index contributed by atoms with van der Waals surface area (Å²) in [6.45, 7) is 3.81. The lowest BCUT2D eigenvalue weighted by Gasteiger charge is -2.08. The van der Waals surface area contributed by atoms with E-state index in [1.807, 2.05) is 19.9 Å². The Morgan fingerprint density at radius 3 is 2.53 bits per heavy atom. The minimum absolute atomic E-state index is 0.0235. The Balaban J connectivity index is 2.43. The van der Waals surface area contributed by atoms with Crippen molar-refractivity contribution in [2.24, 2.45) is 5.73 Å². The van der Waals surface area contributed by atoms with E-state index >= 15 is 0 Å². The number of hydrogen-bond acceptors (Lipinski definition) is 5. The Bertz CT molecular complexity index is 597. The molecule has 1 heterocycles. The van der Waals surface area contributed by atoms with Gasteiger partial charge in [-0.05, 0) is 38.1 Å². The van der Waals surface area contributed by atoms with Gasteiger partial charge >= 0.3 is 0 Å². The quantitative estimate of drug-likeness (QED) is 0.730. The van der Waals surface area contributed by atoms with Crippen molar-refractivity contribution >= 4 is 0 Å². The molecule has 19 heavy (non-hydrogen) atoms. The second kappa shape index (κ2) is 5.24. The number of aryl methyl sites for hydroxylation is 1. The van der Waals surface area contributed by atoms with Crippen molar-refractivity contribution in [2.45, 2.75) is 26.3 Å². The summed E-state index contributed by atoms with van der Waals surface area (Å²) in [5, 5.41) is 18.8. The number of aromatic hydroxyl groups is 2. The molecule has 2 rings (SSSR count). The molecule has 100 valence electrons. The molecular weight excluding hydrogens is 242 g/mol. The summed E-state index contributed by atoms with van der Waals surface area (Å²) in [4.78, 5) is 8.77. The van der Waals surface area contributed by atoms with E-state index in [4.69, 9.17) is 5.73 Å². The smallest absolute Gasteiger partial charge is 0.159 e. The summed E-state index contributed by atoms with van der Waals surface area (Å²) in [6, 6.07) is 6.45. The van der Waals surface area contributed by atoms with Crippen LogP contribution in [0.15, 0.2) is 24.3 Å². The Labute approximate surface area is 111 Å². The van der Waals surface area contributed by atoms with Crippen LogP contribution in [0.2, 0.25) is 0 Å². The molecular formula is C14H17N3O2. The van der Waals surface area contributed by atoms with Gasteiger partial charge in [-0.2, -0.15) is 0 Å². The summed E-state index contributed by atoms with van der Waals surface area (Å²) >= 11 is 0. The molecule has 0 aliphatic carbocycles. The topological polar surface area (TPSA) is 92.3 Å². The molecule has 0 aliphatic rings. The number of hydrogen-bond donors (Lipinski definition) is 3. The Hall–Kier alpha value is -2.14. The lowest BCUT2D eigenvalue weighted by Crippen LogP contribution is -2.19. The molecule has 0 spiro atoms. The SMILES string of the molecule is Cc1cc(CC(C)N)nc(-c2ccc(O)c(O)c2)n1. The van der Waals surface area contributed by atoms with Gasteiger partial charge in [-0.25, -0.2) is 9.97 Å².